The molecule has 4 heteroatoms. The van der Waals surface area contributed by atoms with Gasteiger partial charge in [0.1, 0.15) is 5.82 Å². The highest BCUT2D eigenvalue weighted by atomic mass is 19.1. The quantitative estimate of drug-likeness (QED) is 0.740. The van der Waals surface area contributed by atoms with Crippen molar-refractivity contribution in [1.29, 1.82) is 0 Å². The monoisotopic (exact) mass is 239 g/mol. The molecule has 0 fully saturated rings. The number of anilines is 1. The summed E-state index contributed by atoms with van der Waals surface area (Å²) in [5, 5.41) is 0. The SMILES string of the molecule is CCOC(=O)c1cc(F)cc(N(CC)CC)c1. The third-order valence-electron chi connectivity index (χ3n) is 2.52. The minimum absolute atomic E-state index is 0.258. The van der Waals surface area contributed by atoms with Crippen LogP contribution in [-0.2, 0) is 4.74 Å². The Kier molecular flexibility index (Phi) is 4.94. The highest BCUT2D eigenvalue weighted by Gasteiger charge is 2.12. The zero-order valence-corrected chi connectivity index (χ0v) is 10.5. The molecule has 0 bridgehead atoms. The Hall–Kier alpha value is -1.58. The molecule has 0 aliphatic rings. The molecule has 1 aromatic rings. The van der Waals surface area contributed by atoms with E-state index in [1.54, 1.807) is 13.0 Å². The zero-order valence-electron chi connectivity index (χ0n) is 10.5. The fraction of sp³-hybridized carbons (Fsp3) is 0.462. The second kappa shape index (κ2) is 6.23. The summed E-state index contributed by atoms with van der Waals surface area (Å²) in [6.07, 6.45) is 0. The first kappa shape index (κ1) is 13.5. The van der Waals surface area contributed by atoms with Crippen LogP contribution >= 0.6 is 0 Å². The van der Waals surface area contributed by atoms with Crippen LogP contribution in [0.15, 0.2) is 18.2 Å². The summed E-state index contributed by atoms with van der Waals surface area (Å²) < 4.78 is 18.3. The van der Waals surface area contributed by atoms with Gasteiger partial charge in [-0.15, -0.1) is 0 Å². The van der Waals surface area contributed by atoms with E-state index in [0.29, 0.717) is 5.69 Å². The second-order valence-electron chi connectivity index (χ2n) is 3.59. The van der Waals surface area contributed by atoms with E-state index in [9.17, 15) is 9.18 Å². The summed E-state index contributed by atoms with van der Waals surface area (Å²) in [4.78, 5) is 13.5. The molecule has 3 nitrogen and oxygen atoms in total. The van der Waals surface area contributed by atoms with Gasteiger partial charge in [0.05, 0.1) is 12.2 Å². The summed E-state index contributed by atoms with van der Waals surface area (Å²) in [7, 11) is 0. The lowest BCUT2D eigenvalue weighted by Gasteiger charge is -2.21. The molecule has 0 unspecified atom stereocenters. The van der Waals surface area contributed by atoms with Gasteiger partial charge in [0.2, 0.25) is 0 Å². The van der Waals surface area contributed by atoms with Crippen LogP contribution in [0, 0.1) is 5.82 Å². The molecule has 0 atom stereocenters. The van der Waals surface area contributed by atoms with Crippen molar-refractivity contribution in [3.05, 3.63) is 29.6 Å². The van der Waals surface area contributed by atoms with Crippen molar-refractivity contribution < 1.29 is 13.9 Å². The Bertz CT molecular complexity index is 389. The van der Waals surface area contributed by atoms with Gasteiger partial charge in [-0.2, -0.15) is 0 Å². The number of halogens is 1. The molecule has 0 radical (unpaired) electrons. The molecule has 1 aromatic carbocycles. The number of rotatable bonds is 5. The van der Waals surface area contributed by atoms with Crippen molar-refractivity contribution in [3.63, 3.8) is 0 Å². The summed E-state index contributed by atoms with van der Waals surface area (Å²) in [6.45, 7) is 7.51. The molecule has 1 rings (SSSR count). The first-order chi connectivity index (χ1) is 8.12. The van der Waals surface area contributed by atoms with Crippen LogP contribution in [0.4, 0.5) is 10.1 Å². The molecule has 0 amide bonds. The Morgan fingerprint density at radius 3 is 2.41 bits per heavy atom. The van der Waals surface area contributed by atoms with Crippen molar-refractivity contribution in [2.24, 2.45) is 0 Å². The van der Waals surface area contributed by atoms with Crippen LogP contribution in [-0.4, -0.2) is 25.7 Å². The largest absolute Gasteiger partial charge is 0.462 e. The lowest BCUT2D eigenvalue weighted by atomic mass is 10.2. The first-order valence-corrected chi connectivity index (χ1v) is 5.85. The normalized spacial score (nSPS) is 10.1. The molecule has 0 saturated heterocycles. The van der Waals surface area contributed by atoms with Crippen molar-refractivity contribution >= 4 is 11.7 Å². The molecular formula is C13H18FNO2. The van der Waals surface area contributed by atoms with Crippen molar-refractivity contribution in [1.82, 2.24) is 0 Å². The van der Waals surface area contributed by atoms with Crippen LogP contribution in [0.25, 0.3) is 0 Å². The molecule has 94 valence electrons. The third-order valence-corrected chi connectivity index (χ3v) is 2.52. The maximum Gasteiger partial charge on any atom is 0.338 e. The summed E-state index contributed by atoms with van der Waals surface area (Å²) in [6, 6.07) is 4.29. The Morgan fingerprint density at radius 2 is 1.88 bits per heavy atom. The second-order valence-corrected chi connectivity index (χ2v) is 3.59. The van der Waals surface area contributed by atoms with Crippen LogP contribution in [0.2, 0.25) is 0 Å². The van der Waals surface area contributed by atoms with E-state index in [4.69, 9.17) is 4.74 Å². The van der Waals surface area contributed by atoms with Crippen molar-refractivity contribution in [2.75, 3.05) is 24.6 Å². The molecule has 0 aliphatic heterocycles. The number of nitrogens with zero attached hydrogens (tertiary/aromatic N) is 1. The predicted molar refractivity (Wildman–Crippen MR) is 65.9 cm³/mol. The van der Waals surface area contributed by atoms with Gasteiger partial charge in [-0.25, -0.2) is 9.18 Å². The molecule has 0 spiro atoms. The van der Waals surface area contributed by atoms with E-state index < -0.39 is 11.8 Å². The standard InChI is InChI=1S/C13H18FNO2/c1-4-15(5-2)12-8-10(7-11(14)9-12)13(16)17-6-3/h7-9H,4-6H2,1-3H3. The maximum absolute atomic E-state index is 13.4. The lowest BCUT2D eigenvalue weighted by Crippen LogP contribution is -2.22. The fourth-order valence-electron chi connectivity index (χ4n) is 1.68. The number of carbonyl (C=O) groups is 1. The topological polar surface area (TPSA) is 29.5 Å². The van der Waals surface area contributed by atoms with Crippen LogP contribution in [0.1, 0.15) is 31.1 Å². The van der Waals surface area contributed by atoms with Gasteiger partial charge < -0.3 is 9.64 Å². The highest BCUT2D eigenvalue weighted by molar-refractivity contribution is 5.90. The van der Waals surface area contributed by atoms with E-state index >= 15 is 0 Å². The molecule has 17 heavy (non-hydrogen) atoms. The Labute approximate surface area is 101 Å². The van der Waals surface area contributed by atoms with Crippen LogP contribution < -0.4 is 4.90 Å². The fourth-order valence-corrected chi connectivity index (χ4v) is 1.68. The van der Waals surface area contributed by atoms with E-state index in [1.165, 1.54) is 12.1 Å². The van der Waals surface area contributed by atoms with E-state index in [-0.39, 0.29) is 12.2 Å². The number of benzene rings is 1. The van der Waals surface area contributed by atoms with Gasteiger partial charge in [0.15, 0.2) is 0 Å². The van der Waals surface area contributed by atoms with E-state index in [0.717, 1.165) is 13.1 Å². The molecular weight excluding hydrogens is 221 g/mol. The van der Waals surface area contributed by atoms with Gasteiger partial charge in [-0.3, -0.25) is 0 Å². The average Bonchev–Trinajstić information content (AvgIpc) is 2.30. The minimum atomic E-state index is -0.486. The number of carbonyl (C=O) groups excluding carboxylic acids is 1. The zero-order chi connectivity index (χ0) is 12.8. The summed E-state index contributed by atoms with van der Waals surface area (Å²) >= 11 is 0. The number of ether oxygens (including phenoxy) is 1. The van der Waals surface area contributed by atoms with Gasteiger partial charge >= 0.3 is 5.97 Å². The van der Waals surface area contributed by atoms with Gasteiger partial charge in [0, 0.05) is 18.8 Å². The summed E-state index contributed by atoms with van der Waals surface area (Å²) in [5.41, 5.74) is 0.965. The van der Waals surface area contributed by atoms with Gasteiger partial charge in [-0.1, -0.05) is 0 Å². The predicted octanol–water partition coefficient (Wildman–Crippen LogP) is 2.85. The van der Waals surface area contributed by atoms with Crippen molar-refractivity contribution in [3.8, 4) is 0 Å². The molecule has 0 N–H and O–H groups in total. The van der Waals surface area contributed by atoms with Crippen molar-refractivity contribution in [2.45, 2.75) is 20.8 Å². The van der Waals surface area contributed by atoms with Gasteiger partial charge in [0.25, 0.3) is 0 Å². The highest BCUT2D eigenvalue weighted by Crippen LogP contribution is 2.19. The van der Waals surface area contributed by atoms with E-state index in [2.05, 4.69) is 0 Å². The smallest absolute Gasteiger partial charge is 0.338 e. The first-order valence-electron chi connectivity index (χ1n) is 5.85. The Morgan fingerprint density at radius 1 is 1.24 bits per heavy atom. The Balaban J connectivity index is 3.05. The number of hydrogen-bond donors (Lipinski definition) is 0. The van der Waals surface area contributed by atoms with Crippen LogP contribution in [0.5, 0.6) is 0 Å². The molecule has 0 heterocycles. The number of esters is 1. The molecule has 0 aliphatic carbocycles. The number of hydrogen-bond acceptors (Lipinski definition) is 3. The van der Waals surface area contributed by atoms with E-state index in [1.807, 2.05) is 18.7 Å². The molecule has 0 saturated carbocycles. The average molecular weight is 239 g/mol. The summed E-state index contributed by atoms with van der Waals surface area (Å²) in [5.74, 6) is -0.905. The lowest BCUT2D eigenvalue weighted by molar-refractivity contribution is 0.0526. The van der Waals surface area contributed by atoms with Crippen LogP contribution in [0.3, 0.4) is 0 Å². The minimum Gasteiger partial charge on any atom is -0.462 e. The third kappa shape index (κ3) is 3.44. The van der Waals surface area contributed by atoms with Gasteiger partial charge in [-0.05, 0) is 39.0 Å². The maximum atomic E-state index is 13.4. The molecule has 0 aromatic heterocycles.